The number of carboxylic acids is 1. The minimum absolute atomic E-state index is 0.286. The van der Waals surface area contributed by atoms with Crippen molar-refractivity contribution in [2.24, 2.45) is 0 Å². The summed E-state index contributed by atoms with van der Waals surface area (Å²) in [5, 5.41) is 12.4. The molecule has 1 fully saturated rings. The van der Waals surface area contributed by atoms with Crippen molar-refractivity contribution in [2.45, 2.75) is 18.4 Å². The van der Waals surface area contributed by atoms with Crippen molar-refractivity contribution in [3.8, 4) is 0 Å². The highest BCUT2D eigenvalue weighted by Crippen LogP contribution is 2.29. The highest BCUT2D eigenvalue weighted by molar-refractivity contribution is 9.10. The minimum Gasteiger partial charge on any atom is -0.480 e. The molecule has 108 valence electrons. The van der Waals surface area contributed by atoms with Gasteiger partial charge in [0, 0.05) is 4.47 Å². The fraction of sp³-hybridized carbons (Fsp3) is 0.385. The van der Waals surface area contributed by atoms with Gasteiger partial charge >= 0.3 is 5.97 Å². The Morgan fingerprint density at radius 3 is 2.55 bits per heavy atom. The SMILES string of the molecule is O=C(NC1(C(=O)O)CCSCC1)c1ccc(Br)cc1Cl. The molecule has 0 spiro atoms. The predicted octanol–water partition coefficient (Wildman–Crippen LogP) is 3.18. The lowest BCUT2D eigenvalue weighted by atomic mass is 9.92. The van der Waals surface area contributed by atoms with E-state index in [9.17, 15) is 14.7 Å². The molecule has 1 aliphatic heterocycles. The second-order valence-corrected chi connectivity index (χ2v) is 7.13. The summed E-state index contributed by atoms with van der Waals surface area (Å²) in [5.74, 6) is 0.0116. The highest BCUT2D eigenvalue weighted by atomic mass is 79.9. The monoisotopic (exact) mass is 377 g/mol. The van der Waals surface area contributed by atoms with E-state index < -0.39 is 17.4 Å². The summed E-state index contributed by atoms with van der Waals surface area (Å²) in [6.07, 6.45) is 0.847. The van der Waals surface area contributed by atoms with Gasteiger partial charge in [-0.1, -0.05) is 27.5 Å². The third-order valence-electron chi connectivity index (χ3n) is 3.28. The zero-order valence-electron chi connectivity index (χ0n) is 10.5. The maximum absolute atomic E-state index is 12.3. The molecule has 1 aliphatic rings. The lowest BCUT2D eigenvalue weighted by Crippen LogP contribution is -2.56. The standard InChI is InChI=1S/C13H13BrClNO3S/c14-8-1-2-9(10(15)7-8)11(17)16-13(12(18)19)3-5-20-6-4-13/h1-2,7H,3-6H2,(H,16,17)(H,18,19). The van der Waals surface area contributed by atoms with Crippen LogP contribution in [-0.2, 0) is 4.79 Å². The van der Waals surface area contributed by atoms with E-state index in [1.54, 1.807) is 30.0 Å². The van der Waals surface area contributed by atoms with Crippen LogP contribution in [0.2, 0.25) is 5.02 Å². The zero-order valence-corrected chi connectivity index (χ0v) is 13.6. The molecule has 0 aliphatic carbocycles. The van der Waals surface area contributed by atoms with Crippen LogP contribution in [0, 0.1) is 0 Å². The van der Waals surface area contributed by atoms with Crippen LogP contribution in [0.3, 0.4) is 0 Å². The van der Waals surface area contributed by atoms with Crippen LogP contribution in [0.1, 0.15) is 23.2 Å². The summed E-state index contributed by atoms with van der Waals surface area (Å²) in [5.41, 5.74) is -0.896. The van der Waals surface area contributed by atoms with E-state index in [1.165, 1.54) is 0 Å². The number of nitrogens with one attached hydrogen (secondary N) is 1. The van der Waals surface area contributed by atoms with Crippen LogP contribution in [0.5, 0.6) is 0 Å². The Hall–Kier alpha value is -0.720. The van der Waals surface area contributed by atoms with Gasteiger partial charge in [0.1, 0.15) is 5.54 Å². The molecule has 2 rings (SSSR count). The van der Waals surface area contributed by atoms with Gasteiger partial charge in [-0.15, -0.1) is 0 Å². The van der Waals surface area contributed by atoms with Crippen molar-refractivity contribution in [2.75, 3.05) is 11.5 Å². The Bertz CT molecular complexity index is 546. The van der Waals surface area contributed by atoms with Crippen LogP contribution in [-0.4, -0.2) is 34.0 Å². The summed E-state index contributed by atoms with van der Waals surface area (Å²) < 4.78 is 0.765. The number of carboxylic acid groups (broad SMARTS) is 1. The number of carbonyl (C=O) groups is 2. The van der Waals surface area contributed by atoms with E-state index >= 15 is 0 Å². The first-order valence-electron chi connectivity index (χ1n) is 6.03. The van der Waals surface area contributed by atoms with Gasteiger partial charge in [0.05, 0.1) is 10.6 Å². The zero-order chi connectivity index (χ0) is 14.8. The van der Waals surface area contributed by atoms with Gasteiger partial charge in [0.25, 0.3) is 5.91 Å². The number of aliphatic carboxylic acids is 1. The molecule has 0 aromatic heterocycles. The van der Waals surface area contributed by atoms with Crippen molar-refractivity contribution in [3.63, 3.8) is 0 Å². The molecule has 1 aromatic carbocycles. The number of hydrogen-bond donors (Lipinski definition) is 2. The average molecular weight is 379 g/mol. The summed E-state index contributed by atoms with van der Waals surface area (Å²) in [4.78, 5) is 23.8. The molecule has 1 amide bonds. The molecular weight excluding hydrogens is 366 g/mol. The van der Waals surface area contributed by atoms with Crippen LogP contribution >= 0.6 is 39.3 Å². The Morgan fingerprint density at radius 2 is 2.00 bits per heavy atom. The fourth-order valence-electron chi connectivity index (χ4n) is 2.07. The summed E-state index contributed by atoms with van der Waals surface area (Å²) >= 11 is 11.0. The largest absolute Gasteiger partial charge is 0.480 e. The van der Waals surface area contributed by atoms with E-state index in [2.05, 4.69) is 21.2 Å². The minimum atomic E-state index is -1.18. The van der Waals surface area contributed by atoms with Crippen LogP contribution < -0.4 is 5.32 Å². The normalized spacial score (nSPS) is 17.5. The van der Waals surface area contributed by atoms with Gasteiger partial charge in [0.15, 0.2) is 0 Å². The smallest absolute Gasteiger partial charge is 0.329 e. The number of carbonyl (C=O) groups excluding carboxylic acids is 1. The van der Waals surface area contributed by atoms with Crippen molar-refractivity contribution >= 4 is 51.2 Å². The summed E-state index contributed by atoms with van der Waals surface area (Å²) in [6, 6.07) is 4.89. The maximum Gasteiger partial charge on any atom is 0.329 e. The van der Waals surface area contributed by atoms with Crippen LogP contribution in [0.15, 0.2) is 22.7 Å². The molecule has 4 nitrogen and oxygen atoms in total. The Balaban J connectivity index is 2.22. The first-order valence-corrected chi connectivity index (χ1v) is 8.36. The first-order chi connectivity index (χ1) is 9.44. The molecule has 2 N–H and O–H groups in total. The quantitative estimate of drug-likeness (QED) is 0.848. The van der Waals surface area contributed by atoms with Crippen molar-refractivity contribution in [1.82, 2.24) is 5.32 Å². The molecule has 1 heterocycles. The summed E-state index contributed by atoms with van der Waals surface area (Å²) in [7, 11) is 0. The van der Waals surface area contributed by atoms with Crippen LogP contribution in [0.25, 0.3) is 0 Å². The van der Waals surface area contributed by atoms with E-state index in [0.717, 1.165) is 16.0 Å². The molecule has 1 aromatic rings. The maximum atomic E-state index is 12.3. The Labute approximate surface area is 134 Å². The van der Waals surface area contributed by atoms with E-state index in [0.29, 0.717) is 17.9 Å². The first kappa shape index (κ1) is 15.7. The van der Waals surface area contributed by atoms with Gasteiger partial charge in [-0.05, 0) is 42.5 Å². The number of thioether (sulfide) groups is 1. The van der Waals surface area contributed by atoms with Crippen LogP contribution in [0.4, 0.5) is 0 Å². The third-order valence-corrected chi connectivity index (χ3v) is 5.08. The Morgan fingerprint density at radius 1 is 1.35 bits per heavy atom. The van der Waals surface area contributed by atoms with Crippen molar-refractivity contribution in [3.05, 3.63) is 33.3 Å². The average Bonchev–Trinajstić information content (AvgIpc) is 2.39. The molecular formula is C13H13BrClNO3S. The Kier molecular flexibility index (Phi) is 4.99. The van der Waals surface area contributed by atoms with E-state index in [1.807, 2.05) is 0 Å². The number of halogens is 2. The molecule has 0 bridgehead atoms. The number of rotatable bonds is 3. The second kappa shape index (κ2) is 6.37. The molecule has 1 saturated heterocycles. The predicted molar refractivity (Wildman–Crippen MR) is 83.5 cm³/mol. The number of hydrogen-bond acceptors (Lipinski definition) is 3. The van der Waals surface area contributed by atoms with Crippen molar-refractivity contribution < 1.29 is 14.7 Å². The lowest BCUT2D eigenvalue weighted by Gasteiger charge is -2.33. The molecule has 0 radical (unpaired) electrons. The fourth-order valence-corrected chi connectivity index (χ4v) is 4.02. The van der Waals surface area contributed by atoms with Gasteiger partial charge in [-0.2, -0.15) is 11.8 Å². The van der Waals surface area contributed by atoms with Gasteiger partial charge in [-0.25, -0.2) is 4.79 Å². The number of amides is 1. The molecule has 20 heavy (non-hydrogen) atoms. The third kappa shape index (κ3) is 3.30. The summed E-state index contributed by atoms with van der Waals surface area (Å²) in [6.45, 7) is 0. The molecule has 0 saturated carbocycles. The second-order valence-electron chi connectivity index (χ2n) is 4.58. The molecule has 7 heteroatoms. The number of benzene rings is 1. The van der Waals surface area contributed by atoms with Gasteiger partial charge < -0.3 is 10.4 Å². The molecule has 0 atom stereocenters. The van der Waals surface area contributed by atoms with Crippen molar-refractivity contribution in [1.29, 1.82) is 0 Å². The van der Waals surface area contributed by atoms with Gasteiger partial charge in [0.2, 0.25) is 0 Å². The highest BCUT2D eigenvalue weighted by Gasteiger charge is 2.41. The van der Waals surface area contributed by atoms with E-state index in [-0.39, 0.29) is 5.56 Å². The molecule has 0 unspecified atom stereocenters. The van der Waals surface area contributed by atoms with Gasteiger partial charge in [-0.3, -0.25) is 4.79 Å². The van der Waals surface area contributed by atoms with E-state index in [4.69, 9.17) is 11.6 Å². The lowest BCUT2D eigenvalue weighted by molar-refractivity contribution is -0.144. The topological polar surface area (TPSA) is 66.4 Å².